The number of methoxy groups -OCH3 is 2. The van der Waals surface area contributed by atoms with E-state index >= 15 is 0 Å². The van der Waals surface area contributed by atoms with Gasteiger partial charge in [0.1, 0.15) is 23.7 Å². The van der Waals surface area contributed by atoms with Gasteiger partial charge in [-0.1, -0.05) is 12.1 Å². The topological polar surface area (TPSA) is 85.4 Å². The molecule has 1 aromatic heterocycles. The predicted molar refractivity (Wildman–Crippen MR) is 108 cm³/mol. The van der Waals surface area contributed by atoms with Gasteiger partial charge >= 0.3 is 0 Å². The molecule has 0 unspecified atom stereocenters. The van der Waals surface area contributed by atoms with E-state index in [-0.39, 0.29) is 17.4 Å². The van der Waals surface area contributed by atoms with E-state index in [9.17, 15) is 9.18 Å². The Morgan fingerprint density at radius 1 is 1.00 bits per heavy atom. The molecule has 7 nitrogen and oxygen atoms in total. The van der Waals surface area contributed by atoms with Gasteiger partial charge in [0.05, 0.1) is 14.2 Å². The molecule has 3 rings (SSSR count). The van der Waals surface area contributed by atoms with Gasteiger partial charge < -0.3 is 20.1 Å². The van der Waals surface area contributed by atoms with Crippen molar-refractivity contribution < 1.29 is 18.7 Å². The van der Waals surface area contributed by atoms with Crippen LogP contribution in [0.4, 0.5) is 15.9 Å². The van der Waals surface area contributed by atoms with E-state index in [1.807, 2.05) is 0 Å². The van der Waals surface area contributed by atoms with Gasteiger partial charge in [0.25, 0.3) is 5.91 Å². The molecule has 0 fully saturated rings. The van der Waals surface area contributed by atoms with E-state index in [1.165, 1.54) is 25.6 Å². The summed E-state index contributed by atoms with van der Waals surface area (Å²) in [5.74, 6) is 0.972. The van der Waals surface area contributed by atoms with Crippen LogP contribution in [0.2, 0.25) is 0 Å². The Labute approximate surface area is 167 Å². The van der Waals surface area contributed by atoms with Gasteiger partial charge in [-0.15, -0.1) is 0 Å². The van der Waals surface area contributed by atoms with Crippen LogP contribution in [0.15, 0.2) is 54.9 Å². The normalized spacial score (nSPS) is 10.3. The SMILES string of the molecule is COc1ccc(NC(=O)c2cc(NCCc3ccc(F)cc3)ncn2)cc1OC. The largest absolute Gasteiger partial charge is 0.493 e. The van der Waals surface area contributed by atoms with Gasteiger partial charge in [-0.3, -0.25) is 4.79 Å². The lowest BCUT2D eigenvalue weighted by Crippen LogP contribution is -2.15. The van der Waals surface area contributed by atoms with Crippen molar-refractivity contribution in [3.05, 3.63) is 71.9 Å². The number of aromatic nitrogens is 2. The Balaban J connectivity index is 1.61. The van der Waals surface area contributed by atoms with E-state index < -0.39 is 0 Å². The molecule has 150 valence electrons. The van der Waals surface area contributed by atoms with Crippen LogP contribution in [-0.2, 0) is 6.42 Å². The highest BCUT2D eigenvalue weighted by Gasteiger charge is 2.11. The Hall–Kier alpha value is -3.68. The molecule has 8 heteroatoms. The average Bonchev–Trinajstić information content (AvgIpc) is 2.75. The molecule has 0 saturated carbocycles. The lowest BCUT2D eigenvalue weighted by atomic mass is 10.1. The zero-order chi connectivity index (χ0) is 20.6. The Kier molecular flexibility index (Phi) is 6.57. The summed E-state index contributed by atoms with van der Waals surface area (Å²) in [6, 6.07) is 13.0. The number of hydrogen-bond donors (Lipinski definition) is 2. The molecular formula is C21H21FN4O3. The van der Waals surface area contributed by atoms with Crippen LogP contribution in [0.1, 0.15) is 16.1 Å². The van der Waals surface area contributed by atoms with E-state index in [1.54, 1.807) is 43.5 Å². The summed E-state index contributed by atoms with van der Waals surface area (Å²) in [4.78, 5) is 20.7. The number of nitrogens with one attached hydrogen (secondary N) is 2. The molecule has 0 aliphatic heterocycles. The zero-order valence-electron chi connectivity index (χ0n) is 16.1. The van der Waals surface area contributed by atoms with Crippen LogP contribution >= 0.6 is 0 Å². The minimum Gasteiger partial charge on any atom is -0.493 e. The Morgan fingerprint density at radius 3 is 2.48 bits per heavy atom. The quantitative estimate of drug-likeness (QED) is 0.606. The first-order chi connectivity index (χ1) is 14.1. The van der Waals surface area contributed by atoms with Crippen molar-refractivity contribution in [1.82, 2.24) is 9.97 Å². The molecule has 29 heavy (non-hydrogen) atoms. The molecule has 2 aromatic carbocycles. The first-order valence-corrected chi connectivity index (χ1v) is 8.93. The number of carbonyl (C=O) groups is 1. The van der Waals surface area contributed by atoms with Gasteiger partial charge in [0.2, 0.25) is 0 Å². The van der Waals surface area contributed by atoms with Crippen LogP contribution in [0.25, 0.3) is 0 Å². The van der Waals surface area contributed by atoms with Gasteiger partial charge in [-0.2, -0.15) is 0 Å². The smallest absolute Gasteiger partial charge is 0.274 e. The third-order valence-corrected chi connectivity index (χ3v) is 4.17. The summed E-state index contributed by atoms with van der Waals surface area (Å²) in [5, 5.41) is 5.91. The van der Waals surface area contributed by atoms with Gasteiger partial charge in [-0.25, -0.2) is 14.4 Å². The maximum atomic E-state index is 12.9. The number of amides is 1. The summed E-state index contributed by atoms with van der Waals surface area (Å²) < 4.78 is 23.4. The third-order valence-electron chi connectivity index (χ3n) is 4.17. The monoisotopic (exact) mass is 396 g/mol. The standard InChI is InChI=1S/C21H21FN4O3/c1-28-18-8-7-16(11-19(18)29-2)26-21(27)17-12-20(25-13-24-17)23-10-9-14-3-5-15(22)6-4-14/h3-8,11-13H,9-10H2,1-2H3,(H,26,27)(H,23,24,25). The lowest BCUT2D eigenvalue weighted by molar-refractivity contribution is 0.102. The summed E-state index contributed by atoms with van der Waals surface area (Å²) in [7, 11) is 3.07. The Morgan fingerprint density at radius 2 is 1.76 bits per heavy atom. The molecule has 0 spiro atoms. The molecule has 0 saturated heterocycles. The summed E-state index contributed by atoms with van der Waals surface area (Å²) in [5.41, 5.74) is 1.77. The number of rotatable bonds is 8. The van der Waals surface area contributed by atoms with Crippen LogP contribution in [0.3, 0.4) is 0 Å². The summed E-state index contributed by atoms with van der Waals surface area (Å²) >= 11 is 0. The molecule has 3 aromatic rings. The summed E-state index contributed by atoms with van der Waals surface area (Å²) in [6.45, 7) is 0.583. The van der Waals surface area contributed by atoms with Crippen molar-refractivity contribution in [2.45, 2.75) is 6.42 Å². The maximum Gasteiger partial charge on any atom is 0.274 e. The van der Waals surface area contributed by atoms with E-state index in [0.29, 0.717) is 36.0 Å². The number of hydrogen-bond acceptors (Lipinski definition) is 6. The highest BCUT2D eigenvalue weighted by atomic mass is 19.1. The van der Waals surface area contributed by atoms with Crippen molar-refractivity contribution in [2.75, 3.05) is 31.4 Å². The molecule has 0 aliphatic carbocycles. The van der Waals surface area contributed by atoms with Crippen LogP contribution in [-0.4, -0.2) is 36.6 Å². The van der Waals surface area contributed by atoms with Crippen LogP contribution in [0, 0.1) is 5.82 Å². The van der Waals surface area contributed by atoms with Crippen molar-refractivity contribution in [3.8, 4) is 11.5 Å². The fourth-order valence-corrected chi connectivity index (χ4v) is 2.67. The molecular weight excluding hydrogens is 375 g/mol. The minimum absolute atomic E-state index is 0.221. The number of nitrogens with zero attached hydrogens (tertiary/aromatic N) is 2. The van der Waals surface area contributed by atoms with Gasteiger partial charge in [0.15, 0.2) is 11.5 Å². The fourth-order valence-electron chi connectivity index (χ4n) is 2.67. The minimum atomic E-state index is -0.374. The van der Waals surface area contributed by atoms with Crippen LogP contribution < -0.4 is 20.1 Å². The number of anilines is 2. The molecule has 2 N–H and O–H groups in total. The van der Waals surface area contributed by atoms with E-state index in [4.69, 9.17) is 9.47 Å². The van der Waals surface area contributed by atoms with Crippen molar-refractivity contribution >= 4 is 17.4 Å². The predicted octanol–water partition coefficient (Wildman–Crippen LogP) is 3.54. The molecule has 0 bridgehead atoms. The summed E-state index contributed by atoms with van der Waals surface area (Å²) in [6.07, 6.45) is 2.02. The van der Waals surface area contributed by atoms with Crippen LogP contribution in [0.5, 0.6) is 11.5 Å². The molecule has 0 atom stereocenters. The number of ether oxygens (including phenoxy) is 2. The van der Waals surface area contributed by atoms with Crippen molar-refractivity contribution in [2.24, 2.45) is 0 Å². The first-order valence-electron chi connectivity index (χ1n) is 8.93. The second kappa shape index (κ2) is 9.50. The number of halogens is 1. The molecule has 0 radical (unpaired) electrons. The fraction of sp³-hybridized carbons (Fsp3) is 0.190. The maximum absolute atomic E-state index is 12.9. The molecule has 1 heterocycles. The van der Waals surface area contributed by atoms with E-state index in [0.717, 1.165) is 5.56 Å². The van der Waals surface area contributed by atoms with Crippen molar-refractivity contribution in [3.63, 3.8) is 0 Å². The van der Waals surface area contributed by atoms with Gasteiger partial charge in [0, 0.05) is 24.4 Å². The Bertz CT molecular complexity index is 980. The third kappa shape index (κ3) is 5.41. The zero-order valence-corrected chi connectivity index (χ0v) is 16.1. The highest BCUT2D eigenvalue weighted by Crippen LogP contribution is 2.29. The van der Waals surface area contributed by atoms with E-state index in [2.05, 4.69) is 20.6 Å². The second-order valence-corrected chi connectivity index (χ2v) is 6.12. The second-order valence-electron chi connectivity index (χ2n) is 6.12. The first kappa shape index (κ1) is 20.1. The lowest BCUT2D eigenvalue weighted by Gasteiger charge is -2.11. The van der Waals surface area contributed by atoms with Gasteiger partial charge in [-0.05, 0) is 36.2 Å². The highest BCUT2D eigenvalue weighted by molar-refractivity contribution is 6.03. The van der Waals surface area contributed by atoms with Crippen molar-refractivity contribution in [1.29, 1.82) is 0 Å². The average molecular weight is 396 g/mol. The molecule has 0 aliphatic rings. The molecule has 1 amide bonds. The number of benzene rings is 2. The number of carbonyl (C=O) groups excluding carboxylic acids is 1.